The molecule has 1 aromatic rings. The Morgan fingerprint density at radius 3 is 2.75 bits per heavy atom. The summed E-state index contributed by atoms with van der Waals surface area (Å²) >= 11 is 0. The van der Waals surface area contributed by atoms with E-state index in [4.69, 9.17) is 5.73 Å². The van der Waals surface area contributed by atoms with Crippen molar-refractivity contribution in [3.05, 3.63) is 35.9 Å². The average molecular weight is 273 g/mol. The topological polar surface area (TPSA) is 32.5 Å². The van der Waals surface area contributed by atoms with Gasteiger partial charge in [-0.05, 0) is 37.9 Å². The summed E-state index contributed by atoms with van der Waals surface area (Å²) in [5.41, 5.74) is 7.30. The third kappa shape index (κ3) is 3.05. The first-order valence-corrected chi connectivity index (χ1v) is 8.11. The van der Waals surface area contributed by atoms with Gasteiger partial charge in [0.2, 0.25) is 0 Å². The Morgan fingerprint density at radius 1 is 1.10 bits per heavy atom. The zero-order valence-electron chi connectivity index (χ0n) is 12.4. The number of rotatable bonds is 4. The van der Waals surface area contributed by atoms with Gasteiger partial charge >= 0.3 is 0 Å². The lowest BCUT2D eigenvalue weighted by Gasteiger charge is -2.46. The van der Waals surface area contributed by atoms with E-state index in [0.717, 1.165) is 19.0 Å². The van der Waals surface area contributed by atoms with Crippen molar-refractivity contribution in [2.75, 3.05) is 32.7 Å². The molecular formula is C17H27N3. The van der Waals surface area contributed by atoms with Crippen LogP contribution in [0.15, 0.2) is 30.3 Å². The largest absolute Gasteiger partial charge is 0.330 e. The molecule has 110 valence electrons. The number of hydrogen-bond donors (Lipinski definition) is 1. The molecule has 0 bridgehead atoms. The zero-order valence-corrected chi connectivity index (χ0v) is 12.4. The number of piperazine rings is 1. The van der Waals surface area contributed by atoms with E-state index >= 15 is 0 Å². The molecule has 2 fully saturated rings. The van der Waals surface area contributed by atoms with E-state index in [9.17, 15) is 0 Å². The third-order valence-corrected chi connectivity index (χ3v) is 4.93. The van der Waals surface area contributed by atoms with Crippen molar-refractivity contribution in [3.8, 4) is 0 Å². The summed E-state index contributed by atoms with van der Waals surface area (Å²) < 4.78 is 0. The highest BCUT2D eigenvalue weighted by Crippen LogP contribution is 2.29. The minimum absolute atomic E-state index is 0.505. The highest BCUT2D eigenvalue weighted by atomic mass is 15.3. The second kappa shape index (κ2) is 6.70. The molecule has 3 heteroatoms. The average Bonchev–Trinajstić information content (AvgIpc) is 2.53. The third-order valence-electron chi connectivity index (χ3n) is 4.93. The minimum Gasteiger partial charge on any atom is -0.330 e. The van der Waals surface area contributed by atoms with Crippen molar-refractivity contribution in [3.63, 3.8) is 0 Å². The van der Waals surface area contributed by atoms with Gasteiger partial charge in [0.25, 0.3) is 0 Å². The van der Waals surface area contributed by atoms with Gasteiger partial charge in [0, 0.05) is 31.7 Å². The van der Waals surface area contributed by atoms with E-state index in [1.807, 2.05) is 0 Å². The maximum Gasteiger partial charge on any atom is 0.0361 e. The molecule has 20 heavy (non-hydrogen) atoms. The molecule has 0 amide bonds. The van der Waals surface area contributed by atoms with Crippen molar-refractivity contribution in [2.45, 2.75) is 37.8 Å². The number of piperidine rings is 1. The molecule has 0 saturated carbocycles. The molecular weight excluding hydrogens is 246 g/mol. The molecule has 3 nitrogen and oxygen atoms in total. The number of fused-ring (bicyclic) bond motifs is 1. The van der Waals surface area contributed by atoms with E-state index in [-0.39, 0.29) is 0 Å². The molecule has 3 rings (SSSR count). The molecule has 2 unspecified atom stereocenters. The minimum atomic E-state index is 0.505. The Balaban J connectivity index is 1.72. The first kappa shape index (κ1) is 14.1. The summed E-state index contributed by atoms with van der Waals surface area (Å²) in [5, 5.41) is 0. The molecule has 1 aromatic carbocycles. The number of nitrogens with two attached hydrogens (primary N) is 1. The smallest absolute Gasteiger partial charge is 0.0361 e. The van der Waals surface area contributed by atoms with Crippen LogP contribution >= 0.6 is 0 Å². The van der Waals surface area contributed by atoms with Crippen LogP contribution in [-0.2, 0) is 0 Å². The molecule has 2 saturated heterocycles. The fraction of sp³-hybridized carbons (Fsp3) is 0.647. The quantitative estimate of drug-likeness (QED) is 0.913. The maximum absolute atomic E-state index is 5.87. The standard InChI is InChI=1S/C17H27N3/c18-10-9-17(15-6-2-1-3-7-15)20-13-12-19-11-5-4-8-16(19)14-20/h1-3,6-7,16-17H,4-5,8-14,18H2. The highest BCUT2D eigenvalue weighted by molar-refractivity contribution is 5.19. The Bertz CT molecular complexity index is 406. The van der Waals surface area contributed by atoms with Crippen LogP contribution in [0, 0.1) is 0 Å². The zero-order chi connectivity index (χ0) is 13.8. The van der Waals surface area contributed by atoms with E-state index in [1.54, 1.807) is 0 Å². The molecule has 2 heterocycles. The lowest BCUT2D eigenvalue weighted by atomic mass is 9.95. The van der Waals surface area contributed by atoms with Crippen LogP contribution in [0.3, 0.4) is 0 Å². The lowest BCUT2D eigenvalue weighted by Crippen LogP contribution is -2.55. The van der Waals surface area contributed by atoms with Gasteiger partial charge in [0.05, 0.1) is 0 Å². The molecule has 0 aliphatic carbocycles. The van der Waals surface area contributed by atoms with Gasteiger partial charge in [0.15, 0.2) is 0 Å². The second-order valence-electron chi connectivity index (χ2n) is 6.18. The van der Waals surface area contributed by atoms with Crippen molar-refractivity contribution in [1.29, 1.82) is 0 Å². The molecule has 2 N–H and O–H groups in total. The van der Waals surface area contributed by atoms with Crippen molar-refractivity contribution in [1.82, 2.24) is 9.80 Å². The van der Waals surface area contributed by atoms with Gasteiger partial charge in [-0.1, -0.05) is 36.8 Å². The monoisotopic (exact) mass is 273 g/mol. The first-order chi connectivity index (χ1) is 9.88. The molecule has 0 spiro atoms. The molecule has 2 aliphatic rings. The molecule has 2 aliphatic heterocycles. The number of benzene rings is 1. The Labute approximate surface area is 122 Å². The SMILES string of the molecule is NCCC(c1ccccc1)N1CCN2CCCCC2C1. The summed E-state index contributed by atoms with van der Waals surface area (Å²) in [6.07, 6.45) is 5.24. The second-order valence-corrected chi connectivity index (χ2v) is 6.18. The van der Waals surface area contributed by atoms with Gasteiger partial charge in [-0.25, -0.2) is 0 Å². The number of nitrogens with zero attached hydrogens (tertiary/aromatic N) is 2. The maximum atomic E-state index is 5.87. The van der Waals surface area contributed by atoms with E-state index in [1.165, 1.54) is 51.0 Å². The van der Waals surface area contributed by atoms with Crippen LogP contribution in [0.25, 0.3) is 0 Å². The van der Waals surface area contributed by atoms with Crippen molar-refractivity contribution >= 4 is 0 Å². The highest BCUT2D eigenvalue weighted by Gasteiger charge is 2.32. The van der Waals surface area contributed by atoms with Crippen LogP contribution < -0.4 is 5.73 Å². The van der Waals surface area contributed by atoms with Crippen molar-refractivity contribution in [2.24, 2.45) is 5.73 Å². The Morgan fingerprint density at radius 2 is 1.95 bits per heavy atom. The normalized spacial score (nSPS) is 26.1. The van der Waals surface area contributed by atoms with Gasteiger partial charge in [0.1, 0.15) is 0 Å². The summed E-state index contributed by atoms with van der Waals surface area (Å²) in [6.45, 7) is 5.73. The Hall–Kier alpha value is -0.900. The molecule has 0 radical (unpaired) electrons. The number of hydrogen-bond acceptors (Lipinski definition) is 3. The van der Waals surface area contributed by atoms with Crippen LogP contribution in [0.4, 0.5) is 0 Å². The first-order valence-electron chi connectivity index (χ1n) is 8.11. The predicted molar refractivity (Wildman–Crippen MR) is 83.6 cm³/mol. The van der Waals surface area contributed by atoms with E-state index in [0.29, 0.717) is 6.04 Å². The van der Waals surface area contributed by atoms with Crippen LogP contribution in [0.5, 0.6) is 0 Å². The summed E-state index contributed by atoms with van der Waals surface area (Å²) in [5.74, 6) is 0. The predicted octanol–water partition coefficient (Wildman–Crippen LogP) is 2.25. The van der Waals surface area contributed by atoms with E-state index < -0.39 is 0 Å². The van der Waals surface area contributed by atoms with Crippen molar-refractivity contribution < 1.29 is 0 Å². The van der Waals surface area contributed by atoms with Gasteiger partial charge in [-0.2, -0.15) is 0 Å². The fourth-order valence-electron chi connectivity index (χ4n) is 3.86. The van der Waals surface area contributed by atoms with Gasteiger partial charge in [-0.3, -0.25) is 9.80 Å². The Kier molecular flexibility index (Phi) is 4.71. The van der Waals surface area contributed by atoms with Crippen LogP contribution in [-0.4, -0.2) is 48.6 Å². The van der Waals surface area contributed by atoms with Crippen LogP contribution in [0.1, 0.15) is 37.3 Å². The lowest BCUT2D eigenvalue weighted by molar-refractivity contribution is 0.0253. The van der Waals surface area contributed by atoms with Gasteiger partial charge in [-0.15, -0.1) is 0 Å². The summed E-state index contributed by atoms with van der Waals surface area (Å²) in [7, 11) is 0. The van der Waals surface area contributed by atoms with Gasteiger partial charge < -0.3 is 5.73 Å². The van der Waals surface area contributed by atoms with E-state index in [2.05, 4.69) is 40.1 Å². The summed E-state index contributed by atoms with van der Waals surface area (Å²) in [4.78, 5) is 5.37. The van der Waals surface area contributed by atoms with Crippen LogP contribution in [0.2, 0.25) is 0 Å². The summed E-state index contributed by atoms with van der Waals surface area (Å²) in [6, 6.07) is 12.2. The molecule has 2 atom stereocenters. The fourth-order valence-corrected chi connectivity index (χ4v) is 3.86. The molecule has 0 aromatic heterocycles.